The fourth-order valence-corrected chi connectivity index (χ4v) is 3.85. The van der Waals surface area contributed by atoms with Gasteiger partial charge in [-0.3, -0.25) is 4.79 Å². The third-order valence-electron chi connectivity index (χ3n) is 4.80. The molecular formula is C17H21ClN2O. The Kier molecular flexibility index (Phi) is 4.59. The molecule has 1 aromatic carbocycles. The summed E-state index contributed by atoms with van der Waals surface area (Å²) in [5, 5.41) is 4.81. The van der Waals surface area contributed by atoms with E-state index in [9.17, 15) is 4.79 Å². The number of nitrogens with one attached hydrogen (secondary N) is 1. The molecule has 112 valence electrons. The average molecular weight is 305 g/mol. The summed E-state index contributed by atoms with van der Waals surface area (Å²) in [6.45, 7) is 0. The predicted octanol–water partition coefficient (Wildman–Crippen LogP) is 4.42. The molecule has 3 nitrogen and oxygen atoms in total. The summed E-state index contributed by atoms with van der Waals surface area (Å²) in [5.74, 6) is 1.44. The predicted molar refractivity (Wildman–Crippen MR) is 85.7 cm³/mol. The topological polar surface area (TPSA) is 41.5 Å². The summed E-state index contributed by atoms with van der Waals surface area (Å²) in [4.78, 5) is 12.1. The second-order valence-electron chi connectivity index (χ2n) is 6.15. The van der Waals surface area contributed by atoms with E-state index in [1.165, 1.54) is 32.1 Å². The van der Waals surface area contributed by atoms with Crippen LogP contribution in [0, 0.1) is 11.8 Å². The van der Waals surface area contributed by atoms with Crippen LogP contribution >= 0.6 is 11.6 Å². The van der Waals surface area contributed by atoms with Crippen LogP contribution in [0.25, 0.3) is 0 Å². The van der Waals surface area contributed by atoms with E-state index in [1.54, 1.807) is 18.2 Å². The molecule has 2 saturated carbocycles. The molecule has 2 aliphatic rings. The van der Waals surface area contributed by atoms with E-state index in [0.29, 0.717) is 10.6 Å². The van der Waals surface area contributed by atoms with Gasteiger partial charge in [0.05, 0.1) is 10.6 Å². The Bertz CT molecular complexity index is 555. The van der Waals surface area contributed by atoms with E-state index in [-0.39, 0.29) is 5.91 Å². The molecule has 2 aliphatic carbocycles. The zero-order valence-electron chi connectivity index (χ0n) is 12.1. The number of hydrogen-bond acceptors (Lipinski definition) is 2. The maximum Gasteiger partial charge on any atom is 0.272 e. The first-order valence-electron chi connectivity index (χ1n) is 7.84. The molecule has 0 radical (unpaired) electrons. The number of hydrazone groups is 1. The molecule has 2 atom stereocenters. The second-order valence-corrected chi connectivity index (χ2v) is 6.55. The van der Waals surface area contributed by atoms with E-state index in [0.717, 1.165) is 30.4 Å². The highest BCUT2D eigenvalue weighted by Gasteiger charge is 2.30. The largest absolute Gasteiger partial charge is 0.272 e. The Balaban J connectivity index is 1.61. The van der Waals surface area contributed by atoms with Gasteiger partial charge in [-0.05, 0) is 49.7 Å². The van der Waals surface area contributed by atoms with Crippen LogP contribution in [0.2, 0.25) is 5.02 Å². The van der Waals surface area contributed by atoms with Crippen molar-refractivity contribution in [2.45, 2.75) is 44.9 Å². The van der Waals surface area contributed by atoms with Gasteiger partial charge in [0.15, 0.2) is 0 Å². The molecule has 4 heteroatoms. The number of nitrogens with zero attached hydrogens (tertiary/aromatic N) is 1. The highest BCUT2D eigenvalue weighted by Crippen LogP contribution is 2.39. The molecule has 0 saturated heterocycles. The number of fused-ring (bicyclic) bond motifs is 1. The lowest BCUT2D eigenvalue weighted by Crippen LogP contribution is -2.29. The zero-order chi connectivity index (χ0) is 14.7. The molecule has 0 aromatic heterocycles. The van der Waals surface area contributed by atoms with Crippen LogP contribution in [-0.4, -0.2) is 11.6 Å². The number of rotatable bonds is 2. The summed E-state index contributed by atoms with van der Waals surface area (Å²) < 4.78 is 0. The summed E-state index contributed by atoms with van der Waals surface area (Å²) in [6.07, 6.45) is 8.73. The molecule has 21 heavy (non-hydrogen) atoms. The van der Waals surface area contributed by atoms with Crippen molar-refractivity contribution in [2.24, 2.45) is 16.9 Å². The molecule has 3 rings (SSSR count). The summed E-state index contributed by atoms with van der Waals surface area (Å²) in [5.41, 5.74) is 4.29. The van der Waals surface area contributed by atoms with Gasteiger partial charge in [0.25, 0.3) is 5.91 Å². The van der Waals surface area contributed by atoms with Crippen LogP contribution in [0.3, 0.4) is 0 Å². The van der Waals surface area contributed by atoms with Gasteiger partial charge in [-0.1, -0.05) is 43.0 Å². The van der Waals surface area contributed by atoms with Gasteiger partial charge in [-0.25, -0.2) is 5.43 Å². The van der Waals surface area contributed by atoms with Crippen molar-refractivity contribution in [2.75, 3.05) is 0 Å². The molecule has 2 fully saturated rings. The zero-order valence-corrected chi connectivity index (χ0v) is 12.9. The smallest absolute Gasteiger partial charge is 0.267 e. The quantitative estimate of drug-likeness (QED) is 0.808. The third kappa shape index (κ3) is 3.46. The van der Waals surface area contributed by atoms with Gasteiger partial charge in [0, 0.05) is 5.71 Å². The first-order valence-corrected chi connectivity index (χ1v) is 8.22. The van der Waals surface area contributed by atoms with Crippen molar-refractivity contribution < 1.29 is 4.79 Å². The molecule has 0 bridgehead atoms. The lowest BCUT2D eigenvalue weighted by atomic mass is 9.70. The maximum atomic E-state index is 12.1. The SMILES string of the molecule is O=C(N/N=C1/CC[C@H]2CCCC[C@@H]2C1)c1ccccc1Cl. The van der Waals surface area contributed by atoms with Crippen LogP contribution in [0.15, 0.2) is 29.4 Å². The lowest BCUT2D eigenvalue weighted by Gasteiger charge is -2.35. The molecule has 1 N–H and O–H groups in total. The monoisotopic (exact) mass is 304 g/mol. The standard InChI is InChI=1S/C17H21ClN2O/c18-16-8-4-3-7-15(16)17(21)20-19-14-10-9-12-5-1-2-6-13(12)11-14/h3-4,7-8,12-13H,1-2,5-6,9-11H2,(H,20,21)/b19-14-/t12-,13-/m1/s1. The van der Waals surface area contributed by atoms with Crippen molar-refractivity contribution in [1.82, 2.24) is 5.43 Å². The molecule has 0 heterocycles. The first kappa shape index (κ1) is 14.6. The maximum absolute atomic E-state index is 12.1. The van der Waals surface area contributed by atoms with E-state index in [4.69, 9.17) is 11.6 Å². The fraction of sp³-hybridized carbons (Fsp3) is 0.529. The van der Waals surface area contributed by atoms with E-state index >= 15 is 0 Å². The Morgan fingerprint density at radius 3 is 2.71 bits per heavy atom. The molecule has 1 aromatic rings. The number of carbonyl (C=O) groups excluding carboxylic acids is 1. The van der Waals surface area contributed by atoms with Crippen molar-refractivity contribution in [1.29, 1.82) is 0 Å². The molecule has 0 unspecified atom stereocenters. The highest BCUT2D eigenvalue weighted by molar-refractivity contribution is 6.33. The number of carbonyl (C=O) groups is 1. The number of hydrogen-bond donors (Lipinski definition) is 1. The Hall–Kier alpha value is -1.35. The minimum absolute atomic E-state index is 0.223. The van der Waals surface area contributed by atoms with Crippen LogP contribution < -0.4 is 5.43 Å². The molecule has 0 spiro atoms. The van der Waals surface area contributed by atoms with Gasteiger partial charge in [-0.2, -0.15) is 5.10 Å². The van der Waals surface area contributed by atoms with Crippen LogP contribution in [0.1, 0.15) is 55.3 Å². The number of halogens is 1. The van der Waals surface area contributed by atoms with Crippen molar-refractivity contribution in [3.63, 3.8) is 0 Å². The Morgan fingerprint density at radius 1 is 1.14 bits per heavy atom. The Morgan fingerprint density at radius 2 is 1.90 bits per heavy atom. The summed E-state index contributed by atoms with van der Waals surface area (Å²) in [6, 6.07) is 7.06. The first-order chi connectivity index (χ1) is 10.2. The third-order valence-corrected chi connectivity index (χ3v) is 5.13. The minimum atomic E-state index is -0.223. The van der Waals surface area contributed by atoms with Crippen molar-refractivity contribution in [3.05, 3.63) is 34.9 Å². The molecule has 1 amide bonds. The van der Waals surface area contributed by atoms with Crippen LogP contribution in [0.5, 0.6) is 0 Å². The van der Waals surface area contributed by atoms with Gasteiger partial charge in [0.1, 0.15) is 0 Å². The number of amides is 1. The normalized spacial score (nSPS) is 27.2. The number of benzene rings is 1. The van der Waals surface area contributed by atoms with Crippen LogP contribution in [0.4, 0.5) is 0 Å². The highest BCUT2D eigenvalue weighted by atomic mass is 35.5. The van der Waals surface area contributed by atoms with Crippen LogP contribution in [-0.2, 0) is 0 Å². The van der Waals surface area contributed by atoms with E-state index in [1.807, 2.05) is 6.07 Å². The van der Waals surface area contributed by atoms with E-state index in [2.05, 4.69) is 10.5 Å². The Labute approximate surface area is 130 Å². The summed E-state index contributed by atoms with van der Waals surface area (Å²) in [7, 11) is 0. The summed E-state index contributed by atoms with van der Waals surface area (Å²) >= 11 is 6.02. The minimum Gasteiger partial charge on any atom is -0.267 e. The molecule has 0 aliphatic heterocycles. The van der Waals surface area contributed by atoms with Crippen molar-refractivity contribution in [3.8, 4) is 0 Å². The lowest BCUT2D eigenvalue weighted by molar-refractivity contribution is 0.0954. The van der Waals surface area contributed by atoms with Gasteiger partial charge >= 0.3 is 0 Å². The second kappa shape index (κ2) is 6.61. The van der Waals surface area contributed by atoms with Gasteiger partial charge in [0.2, 0.25) is 0 Å². The fourth-order valence-electron chi connectivity index (χ4n) is 3.63. The van der Waals surface area contributed by atoms with Gasteiger partial charge in [-0.15, -0.1) is 0 Å². The van der Waals surface area contributed by atoms with Crippen molar-refractivity contribution >= 4 is 23.2 Å². The molecular weight excluding hydrogens is 284 g/mol. The average Bonchev–Trinajstić information content (AvgIpc) is 2.53. The van der Waals surface area contributed by atoms with E-state index < -0.39 is 0 Å². The van der Waals surface area contributed by atoms with Gasteiger partial charge < -0.3 is 0 Å².